The van der Waals surface area contributed by atoms with Gasteiger partial charge in [-0.1, -0.05) is 12.1 Å². The summed E-state index contributed by atoms with van der Waals surface area (Å²) in [6.45, 7) is 3.88. The van der Waals surface area contributed by atoms with E-state index in [0.29, 0.717) is 6.04 Å². The number of nitrogens with zero attached hydrogens (tertiary/aromatic N) is 4. The van der Waals surface area contributed by atoms with Gasteiger partial charge in [-0.15, -0.1) is 0 Å². The van der Waals surface area contributed by atoms with Crippen molar-refractivity contribution in [2.75, 3.05) is 0 Å². The fourth-order valence-corrected chi connectivity index (χ4v) is 2.63. The van der Waals surface area contributed by atoms with E-state index in [9.17, 15) is 0 Å². The van der Waals surface area contributed by atoms with Crippen LogP contribution in [-0.2, 0) is 13.1 Å². The lowest BCUT2D eigenvalue weighted by atomic mass is 10.1. The first-order valence-corrected chi connectivity index (χ1v) is 6.95. The van der Waals surface area contributed by atoms with Crippen molar-refractivity contribution in [1.29, 1.82) is 0 Å². The predicted molar refractivity (Wildman–Crippen MR) is 75.9 cm³/mol. The number of nitrogens with one attached hydrogen (secondary N) is 1. The van der Waals surface area contributed by atoms with Crippen LogP contribution in [-0.4, -0.2) is 24.3 Å². The third kappa shape index (κ3) is 2.80. The van der Waals surface area contributed by atoms with Crippen LogP contribution in [0.25, 0.3) is 11.0 Å². The summed E-state index contributed by atoms with van der Waals surface area (Å²) in [6.07, 6.45) is 5.61. The predicted octanol–water partition coefficient (Wildman–Crippen LogP) is 2.07. The van der Waals surface area contributed by atoms with Gasteiger partial charge in [0.1, 0.15) is 11.0 Å². The zero-order valence-corrected chi connectivity index (χ0v) is 11.5. The molecule has 1 N–H and O–H groups in total. The summed E-state index contributed by atoms with van der Waals surface area (Å²) < 4.78 is 10.7. The summed E-state index contributed by atoms with van der Waals surface area (Å²) in [5.41, 5.74) is 3.19. The Labute approximate surface area is 115 Å². The van der Waals surface area contributed by atoms with E-state index in [1.54, 1.807) is 6.20 Å². The molecule has 0 bridgehead atoms. The van der Waals surface area contributed by atoms with Gasteiger partial charge in [-0.05, 0) is 18.6 Å². The van der Waals surface area contributed by atoms with Crippen LogP contribution in [0.2, 0.25) is 0 Å². The van der Waals surface area contributed by atoms with Crippen LogP contribution in [0.4, 0.5) is 0 Å². The molecule has 1 atom stereocenters. The number of benzene rings is 1. The molecule has 0 aliphatic rings. The number of imidazole rings is 1. The molecule has 98 valence electrons. The van der Waals surface area contributed by atoms with Gasteiger partial charge in [0.25, 0.3) is 0 Å². The van der Waals surface area contributed by atoms with E-state index in [1.165, 1.54) is 17.3 Å². The highest BCUT2D eigenvalue weighted by Gasteiger charge is 2.07. The van der Waals surface area contributed by atoms with Crippen molar-refractivity contribution in [1.82, 2.24) is 23.6 Å². The van der Waals surface area contributed by atoms with Gasteiger partial charge in [-0.25, -0.2) is 4.98 Å². The minimum atomic E-state index is 0.371. The molecule has 2 aromatic heterocycles. The van der Waals surface area contributed by atoms with E-state index in [0.717, 1.165) is 24.1 Å². The Hall–Kier alpha value is -1.79. The van der Waals surface area contributed by atoms with Crippen molar-refractivity contribution in [3.8, 4) is 0 Å². The molecule has 2 heterocycles. The molecule has 3 aromatic rings. The maximum absolute atomic E-state index is 4.35. The summed E-state index contributed by atoms with van der Waals surface area (Å²) >= 11 is 1.26. The van der Waals surface area contributed by atoms with E-state index in [-0.39, 0.29) is 0 Å². The second-order valence-electron chi connectivity index (χ2n) is 4.59. The van der Waals surface area contributed by atoms with Gasteiger partial charge >= 0.3 is 0 Å². The Kier molecular flexibility index (Phi) is 3.52. The molecule has 0 saturated carbocycles. The number of aromatic nitrogens is 4. The maximum atomic E-state index is 4.35. The normalized spacial score (nSPS) is 12.9. The van der Waals surface area contributed by atoms with Crippen LogP contribution < -0.4 is 5.32 Å². The lowest BCUT2D eigenvalue weighted by molar-refractivity contribution is 0.477. The monoisotopic (exact) mass is 273 g/mol. The SMILES string of the molecule is CC(Cn1ccnc1)NCc1cccc2nsnc12. The largest absolute Gasteiger partial charge is 0.336 e. The Balaban J connectivity index is 1.64. The van der Waals surface area contributed by atoms with Crippen molar-refractivity contribution in [3.63, 3.8) is 0 Å². The summed E-state index contributed by atoms with van der Waals surface area (Å²) in [5, 5.41) is 3.51. The highest BCUT2D eigenvalue weighted by molar-refractivity contribution is 7.00. The Morgan fingerprint density at radius 2 is 2.32 bits per heavy atom. The Morgan fingerprint density at radius 3 is 3.16 bits per heavy atom. The van der Waals surface area contributed by atoms with Crippen molar-refractivity contribution < 1.29 is 0 Å². The third-order valence-corrected chi connectivity index (χ3v) is 3.60. The van der Waals surface area contributed by atoms with Gasteiger partial charge < -0.3 is 9.88 Å². The summed E-state index contributed by atoms with van der Waals surface area (Å²) in [4.78, 5) is 4.05. The van der Waals surface area contributed by atoms with Crippen LogP contribution in [0.1, 0.15) is 12.5 Å². The van der Waals surface area contributed by atoms with Crippen LogP contribution in [0.15, 0.2) is 36.9 Å². The van der Waals surface area contributed by atoms with E-state index < -0.39 is 0 Å². The molecule has 3 rings (SSSR count). The maximum Gasteiger partial charge on any atom is 0.109 e. The zero-order valence-electron chi connectivity index (χ0n) is 10.7. The van der Waals surface area contributed by atoms with E-state index in [1.807, 2.05) is 24.7 Å². The van der Waals surface area contributed by atoms with E-state index in [2.05, 4.69) is 36.6 Å². The quantitative estimate of drug-likeness (QED) is 0.773. The van der Waals surface area contributed by atoms with Crippen molar-refractivity contribution in [2.24, 2.45) is 0 Å². The lowest BCUT2D eigenvalue weighted by Gasteiger charge is -2.14. The fraction of sp³-hybridized carbons (Fsp3) is 0.308. The lowest BCUT2D eigenvalue weighted by Crippen LogP contribution is -2.29. The molecule has 0 amide bonds. The molecule has 19 heavy (non-hydrogen) atoms. The number of hydrogen-bond acceptors (Lipinski definition) is 5. The fourth-order valence-electron chi connectivity index (χ4n) is 2.06. The zero-order chi connectivity index (χ0) is 13.1. The second kappa shape index (κ2) is 5.46. The Bertz CT molecular complexity index is 646. The molecular weight excluding hydrogens is 258 g/mol. The summed E-state index contributed by atoms with van der Waals surface area (Å²) in [5.74, 6) is 0. The topological polar surface area (TPSA) is 55.6 Å². The summed E-state index contributed by atoms with van der Waals surface area (Å²) in [6, 6.07) is 6.50. The minimum Gasteiger partial charge on any atom is -0.336 e. The van der Waals surface area contributed by atoms with Crippen LogP contribution in [0.3, 0.4) is 0 Å². The minimum absolute atomic E-state index is 0.371. The highest BCUT2D eigenvalue weighted by Crippen LogP contribution is 2.16. The molecule has 6 heteroatoms. The third-order valence-electron chi connectivity index (χ3n) is 3.05. The molecule has 0 aliphatic carbocycles. The molecule has 0 fully saturated rings. The van der Waals surface area contributed by atoms with Crippen LogP contribution in [0, 0.1) is 0 Å². The average Bonchev–Trinajstić information content (AvgIpc) is 3.06. The first kappa shape index (κ1) is 12.3. The number of hydrogen-bond donors (Lipinski definition) is 1. The molecule has 1 aromatic carbocycles. The van der Waals surface area contributed by atoms with Gasteiger partial charge in [0.2, 0.25) is 0 Å². The molecule has 1 unspecified atom stereocenters. The molecule has 0 aliphatic heterocycles. The van der Waals surface area contributed by atoms with Gasteiger partial charge in [-0.2, -0.15) is 8.75 Å². The molecular formula is C13H15N5S. The second-order valence-corrected chi connectivity index (χ2v) is 5.12. The standard InChI is InChI=1S/C13H15N5S/c1-10(8-18-6-5-14-9-18)15-7-11-3-2-4-12-13(11)17-19-16-12/h2-6,9-10,15H,7-8H2,1H3. The Morgan fingerprint density at radius 1 is 1.37 bits per heavy atom. The van der Waals surface area contributed by atoms with Crippen LogP contribution >= 0.6 is 11.7 Å². The first-order valence-electron chi connectivity index (χ1n) is 6.22. The smallest absolute Gasteiger partial charge is 0.109 e. The number of fused-ring (bicyclic) bond motifs is 1. The van der Waals surface area contributed by atoms with Gasteiger partial charge in [-0.3, -0.25) is 0 Å². The van der Waals surface area contributed by atoms with Crippen LogP contribution in [0.5, 0.6) is 0 Å². The van der Waals surface area contributed by atoms with Gasteiger partial charge in [0, 0.05) is 31.5 Å². The number of rotatable bonds is 5. The summed E-state index contributed by atoms with van der Waals surface area (Å²) in [7, 11) is 0. The average molecular weight is 273 g/mol. The van der Waals surface area contributed by atoms with E-state index >= 15 is 0 Å². The first-order chi connectivity index (χ1) is 9.33. The highest BCUT2D eigenvalue weighted by atomic mass is 32.1. The van der Waals surface area contributed by atoms with Crippen molar-refractivity contribution >= 4 is 22.8 Å². The van der Waals surface area contributed by atoms with Crippen molar-refractivity contribution in [2.45, 2.75) is 26.1 Å². The van der Waals surface area contributed by atoms with E-state index in [4.69, 9.17) is 0 Å². The molecule has 0 radical (unpaired) electrons. The van der Waals surface area contributed by atoms with Gasteiger partial charge in [0.05, 0.1) is 18.1 Å². The molecule has 0 saturated heterocycles. The van der Waals surface area contributed by atoms with Gasteiger partial charge in [0.15, 0.2) is 0 Å². The van der Waals surface area contributed by atoms with Crippen molar-refractivity contribution in [3.05, 3.63) is 42.5 Å². The molecule has 0 spiro atoms. The molecule has 5 nitrogen and oxygen atoms in total.